The fourth-order valence-corrected chi connectivity index (χ4v) is 3.59. The SMILES string of the molecule is O=[N+]([O-])c1cc(CN2CCOC3CCCCC32)ccc1Cl. The highest BCUT2D eigenvalue weighted by Gasteiger charge is 2.34. The first-order valence-electron chi connectivity index (χ1n) is 7.43. The molecule has 0 bridgehead atoms. The molecule has 2 aliphatic rings. The van der Waals surface area contributed by atoms with Crippen molar-refractivity contribution in [2.75, 3.05) is 13.2 Å². The van der Waals surface area contributed by atoms with E-state index in [0.717, 1.165) is 38.1 Å². The summed E-state index contributed by atoms with van der Waals surface area (Å²) in [7, 11) is 0. The molecule has 0 aromatic heterocycles. The van der Waals surface area contributed by atoms with Crippen LogP contribution in [-0.4, -0.2) is 35.1 Å². The highest BCUT2D eigenvalue weighted by Crippen LogP contribution is 2.31. The van der Waals surface area contributed by atoms with E-state index in [2.05, 4.69) is 4.90 Å². The third-order valence-corrected chi connectivity index (χ3v) is 4.76. The number of halogens is 1. The number of nitro groups is 1. The van der Waals surface area contributed by atoms with E-state index >= 15 is 0 Å². The van der Waals surface area contributed by atoms with Crippen LogP contribution in [0.3, 0.4) is 0 Å². The maximum atomic E-state index is 11.0. The van der Waals surface area contributed by atoms with E-state index in [1.807, 2.05) is 6.07 Å². The van der Waals surface area contributed by atoms with E-state index in [0.29, 0.717) is 12.1 Å². The predicted octanol–water partition coefficient (Wildman–Crippen LogP) is 3.39. The Morgan fingerprint density at radius 3 is 3.00 bits per heavy atom. The van der Waals surface area contributed by atoms with Crippen molar-refractivity contribution in [2.45, 2.75) is 44.4 Å². The number of nitro benzene ring substituents is 1. The molecule has 0 amide bonds. The minimum atomic E-state index is -0.422. The molecule has 2 fully saturated rings. The van der Waals surface area contributed by atoms with Crippen molar-refractivity contribution in [1.82, 2.24) is 4.90 Å². The van der Waals surface area contributed by atoms with Gasteiger partial charge < -0.3 is 4.74 Å². The molecule has 0 N–H and O–H groups in total. The lowest BCUT2D eigenvalue weighted by Gasteiger charge is -2.43. The number of rotatable bonds is 3. The molecule has 1 aromatic carbocycles. The highest BCUT2D eigenvalue weighted by atomic mass is 35.5. The van der Waals surface area contributed by atoms with Gasteiger partial charge in [-0.05, 0) is 24.5 Å². The lowest BCUT2D eigenvalue weighted by atomic mass is 9.90. The zero-order valence-corrected chi connectivity index (χ0v) is 12.6. The van der Waals surface area contributed by atoms with Gasteiger partial charge in [-0.2, -0.15) is 0 Å². The Morgan fingerprint density at radius 2 is 2.19 bits per heavy atom. The van der Waals surface area contributed by atoms with Gasteiger partial charge in [0.05, 0.1) is 17.6 Å². The predicted molar refractivity (Wildman–Crippen MR) is 80.5 cm³/mol. The van der Waals surface area contributed by atoms with Crippen molar-refractivity contribution < 1.29 is 9.66 Å². The van der Waals surface area contributed by atoms with Crippen LogP contribution in [0.4, 0.5) is 5.69 Å². The first-order valence-corrected chi connectivity index (χ1v) is 7.81. The maximum Gasteiger partial charge on any atom is 0.288 e. The van der Waals surface area contributed by atoms with Gasteiger partial charge in [0.2, 0.25) is 0 Å². The molecule has 2 unspecified atom stereocenters. The Kier molecular flexibility index (Phi) is 4.42. The molecule has 1 aliphatic heterocycles. The van der Waals surface area contributed by atoms with E-state index in [9.17, 15) is 10.1 Å². The van der Waals surface area contributed by atoms with Crippen LogP contribution in [0.5, 0.6) is 0 Å². The molecule has 3 rings (SSSR count). The van der Waals surface area contributed by atoms with E-state index in [1.165, 1.54) is 12.8 Å². The van der Waals surface area contributed by atoms with Crippen LogP contribution >= 0.6 is 11.6 Å². The van der Waals surface area contributed by atoms with E-state index in [-0.39, 0.29) is 10.7 Å². The summed E-state index contributed by atoms with van der Waals surface area (Å²) < 4.78 is 5.86. The Labute approximate surface area is 129 Å². The first kappa shape index (κ1) is 14.8. The van der Waals surface area contributed by atoms with Crippen molar-refractivity contribution in [1.29, 1.82) is 0 Å². The molecule has 1 saturated heterocycles. The van der Waals surface area contributed by atoms with Crippen molar-refractivity contribution in [3.05, 3.63) is 38.9 Å². The van der Waals surface area contributed by atoms with Gasteiger partial charge in [0.1, 0.15) is 5.02 Å². The third-order valence-electron chi connectivity index (χ3n) is 4.44. The molecule has 0 spiro atoms. The Bertz CT molecular complexity index is 536. The molecule has 6 heteroatoms. The van der Waals surface area contributed by atoms with Gasteiger partial charge in [-0.1, -0.05) is 30.5 Å². The second-order valence-electron chi connectivity index (χ2n) is 5.77. The summed E-state index contributed by atoms with van der Waals surface area (Å²) in [5.74, 6) is 0. The molecule has 1 aliphatic carbocycles. The third kappa shape index (κ3) is 3.20. The number of hydrogen-bond donors (Lipinski definition) is 0. The van der Waals surface area contributed by atoms with Crippen LogP contribution in [0, 0.1) is 10.1 Å². The minimum absolute atomic E-state index is 0.0115. The molecule has 1 heterocycles. The van der Waals surface area contributed by atoms with Crippen LogP contribution in [0.15, 0.2) is 18.2 Å². The average molecular weight is 311 g/mol. The molecule has 0 radical (unpaired) electrons. The number of fused-ring (bicyclic) bond motifs is 1. The van der Waals surface area contributed by atoms with Crippen LogP contribution in [0.25, 0.3) is 0 Å². The van der Waals surface area contributed by atoms with Crippen LogP contribution < -0.4 is 0 Å². The van der Waals surface area contributed by atoms with Gasteiger partial charge in [-0.25, -0.2) is 0 Å². The summed E-state index contributed by atoms with van der Waals surface area (Å²) in [6, 6.07) is 5.54. The minimum Gasteiger partial charge on any atom is -0.375 e. The van der Waals surface area contributed by atoms with Crippen molar-refractivity contribution in [3.8, 4) is 0 Å². The van der Waals surface area contributed by atoms with Crippen LogP contribution in [0.1, 0.15) is 31.2 Å². The second kappa shape index (κ2) is 6.30. The van der Waals surface area contributed by atoms with E-state index in [4.69, 9.17) is 16.3 Å². The maximum absolute atomic E-state index is 11.0. The summed E-state index contributed by atoms with van der Waals surface area (Å²) in [5, 5.41) is 11.2. The van der Waals surface area contributed by atoms with Crippen molar-refractivity contribution in [3.63, 3.8) is 0 Å². The fourth-order valence-electron chi connectivity index (χ4n) is 3.40. The van der Waals surface area contributed by atoms with Gasteiger partial charge in [-0.15, -0.1) is 0 Å². The molecular weight excluding hydrogens is 292 g/mol. The smallest absolute Gasteiger partial charge is 0.288 e. The Hall–Kier alpha value is -1.17. The lowest BCUT2D eigenvalue weighted by Crippen LogP contribution is -2.52. The topological polar surface area (TPSA) is 55.6 Å². The molecule has 5 nitrogen and oxygen atoms in total. The number of hydrogen-bond acceptors (Lipinski definition) is 4. The Balaban J connectivity index is 1.76. The number of ether oxygens (including phenoxy) is 1. The average Bonchev–Trinajstić information content (AvgIpc) is 2.49. The molecule has 1 aromatic rings. The molecule has 1 saturated carbocycles. The quantitative estimate of drug-likeness (QED) is 0.634. The number of nitrogens with zero attached hydrogens (tertiary/aromatic N) is 2. The van der Waals surface area contributed by atoms with E-state index < -0.39 is 4.92 Å². The molecule has 21 heavy (non-hydrogen) atoms. The zero-order chi connectivity index (χ0) is 14.8. The van der Waals surface area contributed by atoms with Gasteiger partial charge >= 0.3 is 0 Å². The summed E-state index contributed by atoms with van der Waals surface area (Å²) in [4.78, 5) is 13.0. The molecule has 114 valence electrons. The summed E-state index contributed by atoms with van der Waals surface area (Å²) in [6.45, 7) is 2.36. The van der Waals surface area contributed by atoms with Crippen molar-refractivity contribution >= 4 is 17.3 Å². The number of benzene rings is 1. The van der Waals surface area contributed by atoms with Crippen LogP contribution in [0.2, 0.25) is 5.02 Å². The van der Waals surface area contributed by atoms with Gasteiger partial charge in [0, 0.05) is 25.2 Å². The van der Waals surface area contributed by atoms with Gasteiger partial charge in [0.25, 0.3) is 5.69 Å². The standard InChI is InChI=1S/C15H19ClN2O3/c16-12-6-5-11(9-14(12)18(19)20)10-17-7-8-21-15-4-2-1-3-13(15)17/h5-6,9,13,15H,1-4,7-8,10H2. The largest absolute Gasteiger partial charge is 0.375 e. The normalized spacial score (nSPS) is 26.3. The molecular formula is C15H19ClN2O3. The second-order valence-corrected chi connectivity index (χ2v) is 6.18. The highest BCUT2D eigenvalue weighted by molar-refractivity contribution is 6.32. The Morgan fingerprint density at radius 1 is 1.38 bits per heavy atom. The summed E-state index contributed by atoms with van der Waals surface area (Å²) in [6.07, 6.45) is 5.08. The lowest BCUT2D eigenvalue weighted by molar-refractivity contribution is -0.384. The first-order chi connectivity index (χ1) is 10.1. The van der Waals surface area contributed by atoms with Gasteiger partial charge in [-0.3, -0.25) is 15.0 Å². The summed E-state index contributed by atoms with van der Waals surface area (Å²) in [5.41, 5.74) is 0.931. The fraction of sp³-hybridized carbons (Fsp3) is 0.600. The monoisotopic (exact) mass is 310 g/mol. The molecule has 2 atom stereocenters. The number of morpholine rings is 1. The van der Waals surface area contributed by atoms with E-state index in [1.54, 1.807) is 12.1 Å². The van der Waals surface area contributed by atoms with Crippen LogP contribution in [-0.2, 0) is 11.3 Å². The zero-order valence-electron chi connectivity index (χ0n) is 11.8. The van der Waals surface area contributed by atoms with Gasteiger partial charge in [0.15, 0.2) is 0 Å². The summed E-state index contributed by atoms with van der Waals surface area (Å²) >= 11 is 5.87. The van der Waals surface area contributed by atoms with Crippen molar-refractivity contribution in [2.24, 2.45) is 0 Å².